The Morgan fingerprint density at radius 1 is 1.09 bits per heavy atom. The average molecular weight is 362 g/mol. The van der Waals surface area contributed by atoms with Crippen LogP contribution in [0.3, 0.4) is 0 Å². The minimum Gasteiger partial charge on any atom is -0.497 e. The van der Waals surface area contributed by atoms with E-state index in [0.717, 1.165) is 15.8 Å². The highest BCUT2D eigenvalue weighted by molar-refractivity contribution is 9.10. The lowest BCUT2D eigenvalue weighted by Crippen LogP contribution is -2.21. The number of hydrogen-bond donors (Lipinski definition) is 1. The smallest absolute Gasteiger partial charge is 0.170 e. The molecular formula is C18H20BrNO2. The zero-order valence-electron chi connectivity index (χ0n) is 13.2. The van der Waals surface area contributed by atoms with Gasteiger partial charge in [0, 0.05) is 21.5 Å². The summed E-state index contributed by atoms with van der Waals surface area (Å²) in [7, 11) is 1.61. The molecule has 2 aromatic rings. The van der Waals surface area contributed by atoms with E-state index in [9.17, 15) is 4.79 Å². The normalized spacial score (nSPS) is 11.1. The summed E-state index contributed by atoms with van der Waals surface area (Å²) in [6.07, 6.45) is 0. The molecule has 0 aromatic heterocycles. The Bertz CT molecular complexity index is 690. The maximum Gasteiger partial charge on any atom is 0.170 e. The van der Waals surface area contributed by atoms with E-state index in [1.165, 1.54) is 0 Å². The summed E-state index contributed by atoms with van der Waals surface area (Å²) in [4.78, 5) is 12.7. The van der Waals surface area contributed by atoms with Crippen molar-refractivity contribution in [3.8, 4) is 5.75 Å². The monoisotopic (exact) mass is 361 g/mol. The number of Topliss-reactive ketones (excluding diaryl/α,β-unsaturated/α-hetero) is 1. The van der Waals surface area contributed by atoms with E-state index < -0.39 is 5.41 Å². The van der Waals surface area contributed by atoms with Crippen molar-refractivity contribution in [1.82, 2.24) is 0 Å². The number of nitrogens with one attached hydrogen (secondary N) is 1. The molecule has 22 heavy (non-hydrogen) atoms. The Kier molecular flexibility index (Phi) is 4.91. The van der Waals surface area contributed by atoms with E-state index in [4.69, 9.17) is 4.74 Å². The summed E-state index contributed by atoms with van der Waals surface area (Å²) in [6, 6.07) is 13.3. The predicted octanol–water partition coefficient (Wildman–Crippen LogP) is 5.43. The fraction of sp³-hybridized carbons (Fsp3) is 0.278. The number of para-hydroxylation sites is 1. The predicted molar refractivity (Wildman–Crippen MR) is 94.2 cm³/mol. The van der Waals surface area contributed by atoms with Gasteiger partial charge >= 0.3 is 0 Å². The molecule has 0 saturated heterocycles. The average Bonchev–Trinajstić information content (AvgIpc) is 2.48. The highest BCUT2D eigenvalue weighted by Crippen LogP contribution is 2.33. The maximum absolute atomic E-state index is 12.7. The van der Waals surface area contributed by atoms with Gasteiger partial charge in [0.2, 0.25) is 0 Å². The molecule has 2 aromatic carbocycles. The van der Waals surface area contributed by atoms with Gasteiger partial charge < -0.3 is 10.1 Å². The quantitative estimate of drug-likeness (QED) is 0.737. The number of anilines is 2. The highest BCUT2D eigenvalue weighted by atomic mass is 79.9. The maximum atomic E-state index is 12.7. The molecule has 0 amide bonds. The largest absolute Gasteiger partial charge is 0.497 e. The molecule has 0 saturated carbocycles. The van der Waals surface area contributed by atoms with Crippen molar-refractivity contribution in [2.24, 2.45) is 5.41 Å². The third-order valence-electron chi connectivity index (χ3n) is 3.30. The van der Waals surface area contributed by atoms with Gasteiger partial charge in [-0.3, -0.25) is 4.79 Å². The minimum atomic E-state index is -0.445. The zero-order valence-corrected chi connectivity index (χ0v) is 14.8. The van der Waals surface area contributed by atoms with Crippen LogP contribution in [0.5, 0.6) is 5.75 Å². The summed E-state index contributed by atoms with van der Waals surface area (Å²) in [5, 5.41) is 3.32. The zero-order chi connectivity index (χ0) is 16.3. The summed E-state index contributed by atoms with van der Waals surface area (Å²) in [5.41, 5.74) is 1.85. The van der Waals surface area contributed by atoms with Crippen molar-refractivity contribution in [1.29, 1.82) is 0 Å². The van der Waals surface area contributed by atoms with Crippen molar-refractivity contribution in [2.45, 2.75) is 20.8 Å². The van der Waals surface area contributed by atoms with Crippen molar-refractivity contribution in [3.63, 3.8) is 0 Å². The number of methoxy groups -OCH3 is 1. The van der Waals surface area contributed by atoms with Crippen molar-refractivity contribution >= 4 is 33.1 Å². The molecule has 116 valence electrons. The second kappa shape index (κ2) is 6.53. The van der Waals surface area contributed by atoms with E-state index in [0.29, 0.717) is 11.3 Å². The Labute approximate surface area is 139 Å². The molecule has 0 atom stereocenters. The number of benzene rings is 2. The molecule has 0 aliphatic carbocycles. The van der Waals surface area contributed by atoms with Gasteiger partial charge in [-0.25, -0.2) is 0 Å². The highest BCUT2D eigenvalue weighted by Gasteiger charge is 2.25. The number of halogens is 1. The molecular weight excluding hydrogens is 342 g/mol. The second-order valence-corrected chi connectivity index (χ2v) is 6.95. The van der Waals surface area contributed by atoms with Gasteiger partial charge in [0.15, 0.2) is 5.78 Å². The van der Waals surface area contributed by atoms with Crippen LogP contribution in [0.4, 0.5) is 11.4 Å². The van der Waals surface area contributed by atoms with Crippen LogP contribution in [-0.4, -0.2) is 12.9 Å². The molecule has 0 aliphatic rings. The molecule has 0 heterocycles. The Morgan fingerprint density at radius 3 is 2.36 bits per heavy atom. The molecule has 4 heteroatoms. The van der Waals surface area contributed by atoms with Gasteiger partial charge in [0.05, 0.1) is 18.5 Å². The molecule has 0 unspecified atom stereocenters. The van der Waals surface area contributed by atoms with E-state index >= 15 is 0 Å². The van der Waals surface area contributed by atoms with Gasteiger partial charge in [-0.15, -0.1) is 0 Å². The number of rotatable bonds is 4. The van der Waals surface area contributed by atoms with E-state index in [1.54, 1.807) is 7.11 Å². The Balaban J connectivity index is 2.48. The van der Waals surface area contributed by atoms with Crippen LogP contribution in [0.2, 0.25) is 0 Å². The van der Waals surface area contributed by atoms with Crippen molar-refractivity contribution in [3.05, 3.63) is 52.5 Å². The number of carbonyl (C=O) groups excluding carboxylic acids is 1. The Morgan fingerprint density at radius 2 is 1.77 bits per heavy atom. The first-order valence-electron chi connectivity index (χ1n) is 7.07. The first-order valence-corrected chi connectivity index (χ1v) is 7.86. The first-order chi connectivity index (χ1) is 10.3. The molecule has 0 bridgehead atoms. The van der Waals surface area contributed by atoms with Gasteiger partial charge in [0.25, 0.3) is 0 Å². The standard InChI is InChI=1S/C18H20BrNO2/c1-18(2,3)17(21)13-10-9-12(22-4)11-16(13)20-15-8-6-5-7-14(15)19/h5-11,20H,1-4H3. The lowest BCUT2D eigenvalue weighted by molar-refractivity contribution is 0.0859. The lowest BCUT2D eigenvalue weighted by Gasteiger charge is -2.20. The van der Waals surface area contributed by atoms with Gasteiger partial charge in [-0.1, -0.05) is 32.9 Å². The third kappa shape index (κ3) is 3.69. The molecule has 0 fully saturated rings. The van der Waals surface area contributed by atoms with Crippen LogP contribution in [0, 0.1) is 5.41 Å². The molecule has 0 spiro atoms. The fourth-order valence-corrected chi connectivity index (χ4v) is 2.45. The van der Waals surface area contributed by atoms with Crippen LogP contribution in [0.1, 0.15) is 31.1 Å². The Hall–Kier alpha value is -1.81. The number of ketones is 1. The van der Waals surface area contributed by atoms with Crippen molar-refractivity contribution < 1.29 is 9.53 Å². The van der Waals surface area contributed by atoms with Crippen LogP contribution >= 0.6 is 15.9 Å². The fourth-order valence-electron chi connectivity index (χ4n) is 2.06. The van der Waals surface area contributed by atoms with Crippen LogP contribution in [-0.2, 0) is 0 Å². The van der Waals surface area contributed by atoms with Gasteiger partial charge in [-0.2, -0.15) is 0 Å². The number of hydrogen-bond acceptors (Lipinski definition) is 3. The van der Waals surface area contributed by atoms with Crippen LogP contribution in [0.25, 0.3) is 0 Å². The number of ether oxygens (including phenoxy) is 1. The summed E-state index contributed by atoms with van der Waals surface area (Å²) >= 11 is 3.51. The van der Waals surface area contributed by atoms with E-state index in [-0.39, 0.29) is 5.78 Å². The number of carbonyl (C=O) groups is 1. The summed E-state index contributed by atoms with van der Waals surface area (Å²) < 4.78 is 6.22. The van der Waals surface area contributed by atoms with Crippen LogP contribution in [0.15, 0.2) is 46.9 Å². The van der Waals surface area contributed by atoms with Gasteiger partial charge in [-0.05, 0) is 40.2 Å². The summed E-state index contributed by atoms with van der Waals surface area (Å²) in [5.74, 6) is 0.796. The second-order valence-electron chi connectivity index (χ2n) is 6.10. The van der Waals surface area contributed by atoms with E-state index in [2.05, 4.69) is 21.2 Å². The molecule has 3 nitrogen and oxygen atoms in total. The molecule has 0 radical (unpaired) electrons. The topological polar surface area (TPSA) is 38.3 Å². The van der Waals surface area contributed by atoms with Gasteiger partial charge in [0.1, 0.15) is 5.75 Å². The van der Waals surface area contributed by atoms with Crippen molar-refractivity contribution in [2.75, 3.05) is 12.4 Å². The molecule has 0 aliphatic heterocycles. The minimum absolute atomic E-state index is 0.0877. The lowest BCUT2D eigenvalue weighted by atomic mass is 9.86. The first kappa shape index (κ1) is 16.6. The molecule has 2 rings (SSSR count). The van der Waals surface area contributed by atoms with Crippen LogP contribution < -0.4 is 10.1 Å². The molecule has 1 N–H and O–H groups in total. The van der Waals surface area contributed by atoms with E-state index in [1.807, 2.05) is 63.2 Å². The summed E-state index contributed by atoms with van der Waals surface area (Å²) in [6.45, 7) is 5.76. The SMILES string of the molecule is COc1ccc(C(=O)C(C)(C)C)c(Nc2ccccc2Br)c1. The third-order valence-corrected chi connectivity index (χ3v) is 3.99.